The third-order valence-electron chi connectivity index (χ3n) is 10.5. The molecule has 57 heavy (non-hydrogen) atoms. The average molecular weight is 810 g/mol. The first-order chi connectivity index (χ1) is 26.6. The van der Waals surface area contributed by atoms with Crippen LogP contribution < -0.4 is 38.0 Å². The van der Waals surface area contributed by atoms with Crippen LogP contribution in [0.15, 0.2) is 0 Å². The van der Waals surface area contributed by atoms with E-state index in [1.807, 2.05) is 6.92 Å². The standard InChI is InChI=1S/C38H67N9O10/c1-10-23(8)28(39)33(52)43-29(24(9)49)34(53)42-26(17-20(2)3)35(54)46(19-48)30(22(6)7)31(50)38(18-21(4)5,44-32(51)25-13-11-15-40-45-25)37(57)47-27(36(55)56)14-12-16-41-47/h19-30,40-41,45,49H,10-18,39H2,1-9H3,(H,42,53)(H,43,52)(H,44,51)(H,55,56)/t23-,24-,25?,26+,27?,28+,29+,30+,38-/m1/s1. The molecule has 2 heterocycles. The van der Waals surface area contributed by atoms with Crippen molar-refractivity contribution in [1.29, 1.82) is 0 Å². The van der Waals surface area contributed by atoms with Crippen LogP contribution in [0.1, 0.15) is 107 Å². The quantitative estimate of drug-likeness (QED) is 0.0501. The molecule has 10 N–H and O–H groups in total. The van der Waals surface area contributed by atoms with E-state index in [0.717, 1.165) is 5.01 Å². The summed E-state index contributed by atoms with van der Waals surface area (Å²) >= 11 is 0. The largest absolute Gasteiger partial charge is 0.480 e. The molecule has 2 aliphatic heterocycles. The number of hydrogen-bond acceptors (Lipinski definition) is 13. The summed E-state index contributed by atoms with van der Waals surface area (Å²) < 4.78 is 0. The van der Waals surface area contributed by atoms with Crippen LogP contribution >= 0.6 is 0 Å². The fourth-order valence-corrected chi connectivity index (χ4v) is 7.17. The maximum atomic E-state index is 15.3. The molecule has 0 aromatic rings. The van der Waals surface area contributed by atoms with Gasteiger partial charge in [0.15, 0.2) is 11.3 Å². The lowest BCUT2D eigenvalue weighted by Gasteiger charge is -2.45. The highest BCUT2D eigenvalue weighted by Crippen LogP contribution is 2.30. The molecule has 19 heteroatoms. The second-order valence-corrected chi connectivity index (χ2v) is 16.6. The van der Waals surface area contributed by atoms with Crippen molar-refractivity contribution >= 4 is 47.7 Å². The second kappa shape index (κ2) is 22.2. The Morgan fingerprint density at radius 2 is 1.56 bits per heavy atom. The van der Waals surface area contributed by atoms with Crippen LogP contribution in [-0.4, -0.2) is 129 Å². The molecule has 0 radical (unpaired) electrons. The molecule has 2 saturated heterocycles. The number of nitrogens with two attached hydrogens (primary N) is 1. The van der Waals surface area contributed by atoms with Crippen molar-refractivity contribution in [2.45, 2.75) is 155 Å². The van der Waals surface area contributed by atoms with Crippen LogP contribution in [0.25, 0.3) is 0 Å². The Balaban J connectivity index is 2.72. The van der Waals surface area contributed by atoms with Gasteiger partial charge in [-0.2, -0.15) is 0 Å². The zero-order chi connectivity index (χ0) is 43.4. The summed E-state index contributed by atoms with van der Waals surface area (Å²) in [6.45, 7) is 15.6. The Bertz CT molecular complexity index is 1440. The van der Waals surface area contributed by atoms with Gasteiger partial charge in [-0.1, -0.05) is 61.8 Å². The molecule has 324 valence electrons. The summed E-state index contributed by atoms with van der Waals surface area (Å²) in [4.78, 5) is 112. The lowest BCUT2D eigenvalue weighted by molar-refractivity contribution is -0.166. The zero-order valence-electron chi connectivity index (χ0n) is 34.9. The number of aliphatic hydroxyl groups excluding tert-OH is 1. The minimum atomic E-state index is -2.48. The number of nitrogens with zero attached hydrogens (tertiary/aromatic N) is 2. The minimum absolute atomic E-state index is 0.0497. The number of Topliss-reactive ketones (excluding diaryl/α,β-unsaturated/α-hetero) is 1. The molecule has 2 unspecified atom stereocenters. The summed E-state index contributed by atoms with van der Waals surface area (Å²) in [5, 5.41) is 29.2. The first kappa shape index (κ1) is 49.1. The van der Waals surface area contributed by atoms with E-state index in [1.165, 1.54) is 6.92 Å². The Morgan fingerprint density at radius 1 is 0.930 bits per heavy atom. The van der Waals surface area contributed by atoms with Gasteiger partial charge in [-0.3, -0.25) is 48.9 Å². The number of imide groups is 1. The average Bonchev–Trinajstić information content (AvgIpc) is 3.16. The van der Waals surface area contributed by atoms with Crippen LogP contribution in [0.4, 0.5) is 0 Å². The van der Waals surface area contributed by atoms with Crippen molar-refractivity contribution in [3.63, 3.8) is 0 Å². The van der Waals surface area contributed by atoms with Gasteiger partial charge in [0.05, 0.1) is 18.2 Å². The van der Waals surface area contributed by atoms with Gasteiger partial charge >= 0.3 is 5.97 Å². The zero-order valence-corrected chi connectivity index (χ0v) is 34.9. The fourth-order valence-electron chi connectivity index (χ4n) is 7.17. The monoisotopic (exact) mass is 810 g/mol. The van der Waals surface area contributed by atoms with Gasteiger partial charge in [-0.25, -0.2) is 15.6 Å². The third kappa shape index (κ3) is 12.7. The maximum absolute atomic E-state index is 15.3. The van der Waals surface area contributed by atoms with Gasteiger partial charge in [0, 0.05) is 13.1 Å². The normalized spacial score (nSPS) is 21.6. The number of aliphatic carboxylic acids is 1. The summed E-state index contributed by atoms with van der Waals surface area (Å²) in [7, 11) is 0. The van der Waals surface area contributed by atoms with Crippen LogP contribution in [0.2, 0.25) is 0 Å². The molecular weight excluding hydrogens is 742 g/mol. The smallest absolute Gasteiger partial charge is 0.328 e. The van der Waals surface area contributed by atoms with Crippen molar-refractivity contribution in [3.8, 4) is 0 Å². The predicted molar refractivity (Wildman–Crippen MR) is 209 cm³/mol. The molecule has 0 bridgehead atoms. The molecule has 2 fully saturated rings. The number of amides is 6. The first-order valence-corrected chi connectivity index (χ1v) is 20.1. The molecule has 2 rings (SSSR count). The molecule has 19 nitrogen and oxygen atoms in total. The van der Waals surface area contributed by atoms with Crippen LogP contribution in [-0.2, 0) is 38.4 Å². The number of carboxylic acid groups (broad SMARTS) is 1. The molecule has 0 saturated carbocycles. The molecule has 2 aliphatic rings. The number of carbonyl (C=O) groups is 8. The number of carboxylic acids is 1. The van der Waals surface area contributed by atoms with Crippen molar-refractivity contribution in [2.24, 2.45) is 29.4 Å². The van der Waals surface area contributed by atoms with E-state index < -0.39 is 101 Å². The molecular formula is C38H67N9O10. The summed E-state index contributed by atoms with van der Waals surface area (Å²) in [6, 6.07) is -8.01. The highest BCUT2D eigenvalue weighted by atomic mass is 16.4. The minimum Gasteiger partial charge on any atom is -0.480 e. The molecule has 0 aromatic heterocycles. The van der Waals surface area contributed by atoms with Crippen LogP contribution in [0.5, 0.6) is 0 Å². The van der Waals surface area contributed by atoms with Gasteiger partial charge < -0.3 is 31.9 Å². The number of nitrogens with one attached hydrogen (secondary N) is 6. The van der Waals surface area contributed by atoms with Crippen LogP contribution in [0.3, 0.4) is 0 Å². The fraction of sp³-hybridized carbons (Fsp3) is 0.789. The summed E-state index contributed by atoms with van der Waals surface area (Å²) in [6.07, 6.45) is 0.290. The predicted octanol–water partition coefficient (Wildman–Crippen LogP) is -0.927. The van der Waals surface area contributed by atoms with Gasteiger partial charge in [0.1, 0.15) is 24.2 Å². The molecule has 6 amide bonds. The highest BCUT2D eigenvalue weighted by molar-refractivity contribution is 6.17. The highest BCUT2D eigenvalue weighted by Gasteiger charge is 2.56. The van der Waals surface area contributed by atoms with Crippen molar-refractivity contribution in [2.75, 3.05) is 13.1 Å². The van der Waals surface area contributed by atoms with E-state index in [9.17, 15) is 43.8 Å². The van der Waals surface area contributed by atoms with Crippen LogP contribution in [0, 0.1) is 23.7 Å². The number of ketones is 1. The van der Waals surface area contributed by atoms with E-state index in [2.05, 4.69) is 32.2 Å². The number of hydrogen-bond donors (Lipinski definition) is 9. The topological polar surface area (TPSA) is 282 Å². The third-order valence-corrected chi connectivity index (χ3v) is 10.5. The Kier molecular flexibility index (Phi) is 19.1. The lowest BCUT2D eigenvalue weighted by atomic mass is 9.77. The number of hydrazine groups is 2. The van der Waals surface area contributed by atoms with E-state index >= 15 is 4.79 Å². The van der Waals surface area contributed by atoms with Gasteiger partial charge in [-0.15, -0.1) is 0 Å². The summed E-state index contributed by atoms with van der Waals surface area (Å²) in [5.41, 5.74) is 12.1. The maximum Gasteiger partial charge on any atom is 0.328 e. The number of carbonyl (C=O) groups excluding carboxylic acids is 7. The first-order valence-electron chi connectivity index (χ1n) is 20.1. The SMILES string of the molecule is CC[C@@H](C)[C@H](N)C(=O)N[C@H](C(=O)N[C@@H](CC(C)C)C(=O)N(C=O)[C@H](C(=O)[C@@](CC(C)C)(NC(=O)C1CCCNN1)C(=O)N1NCCCC1C(=O)O)C(C)C)[C@@H](C)O. The molecule has 9 atom stereocenters. The van der Waals surface area contributed by atoms with Crippen molar-refractivity contribution < 1.29 is 48.6 Å². The molecule has 0 spiro atoms. The molecule has 0 aliphatic carbocycles. The molecule has 0 aromatic carbocycles. The number of rotatable bonds is 21. The number of aliphatic hydroxyl groups is 1. The van der Waals surface area contributed by atoms with E-state index in [-0.39, 0.29) is 44.1 Å². The van der Waals surface area contributed by atoms with E-state index in [4.69, 9.17) is 5.73 Å². The van der Waals surface area contributed by atoms with Crippen molar-refractivity contribution in [1.82, 2.24) is 42.1 Å². The van der Waals surface area contributed by atoms with E-state index in [0.29, 0.717) is 37.1 Å². The Morgan fingerprint density at radius 3 is 2.05 bits per heavy atom. The summed E-state index contributed by atoms with van der Waals surface area (Å²) in [5.74, 6) is -8.70. The van der Waals surface area contributed by atoms with Gasteiger partial charge in [0.25, 0.3) is 11.8 Å². The Labute approximate surface area is 335 Å². The van der Waals surface area contributed by atoms with Gasteiger partial charge in [0.2, 0.25) is 24.1 Å². The Hall–Kier alpha value is -4.04. The van der Waals surface area contributed by atoms with Crippen molar-refractivity contribution in [3.05, 3.63) is 0 Å². The second-order valence-electron chi connectivity index (χ2n) is 16.6. The lowest BCUT2D eigenvalue weighted by Crippen LogP contribution is -2.74. The van der Waals surface area contributed by atoms with E-state index in [1.54, 1.807) is 48.5 Å². The van der Waals surface area contributed by atoms with Gasteiger partial charge in [-0.05, 0) is 69.1 Å².